The molecule has 0 unspecified atom stereocenters. The van der Waals surface area contributed by atoms with E-state index in [2.05, 4.69) is 6.08 Å². The van der Waals surface area contributed by atoms with Crippen LogP contribution in [0.25, 0.3) is 12.2 Å². The van der Waals surface area contributed by atoms with Crippen LogP contribution in [-0.2, 0) is 17.8 Å². The summed E-state index contributed by atoms with van der Waals surface area (Å²) in [5, 5.41) is 8.82. The van der Waals surface area contributed by atoms with Crippen LogP contribution < -0.4 is 4.74 Å². The SMILES string of the molecule is O=C(O)/C=C/c1ccccc1C/C=C\c1cccc(OCc2ccccc2)c1. The molecule has 0 aliphatic rings. The van der Waals surface area contributed by atoms with Crippen molar-refractivity contribution in [2.24, 2.45) is 0 Å². The van der Waals surface area contributed by atoms with Crippen molar-refractivity contribution in [2.75, 3.05) is 0 Å². The predicted octanol–water partition coefficient (Wildman–Crippen LogP) is 5.62. The van der Waals surface area contributed by atoms with Gasteiger partial charge in [0.15, 0.2) is 0 Å². The molecule has 0 fully saturated rings. The van der Waals surface area contributed by atoms with E-state index in [1.54, 1.807) is 6.08 Å². The number of hydrogen-bond donors (Lipinski definition) is 1. The lowest BCUT2D eigenvalue weighted by Gasteiger charge is -2.07. The minimum absolute atomic E-state index is 0.539. The highest BCUT2D eigenvalue weighted by Crippen LogP contribution is 2.17. The minimum atomic E-state index is -0.947. The van der Waals surface area contributed by atoms with Gasteiger partial charge in [0.2, 0.25) is 0 Å². The maximum Gasteiger partial charge on any atom is 0.328 e. The zero-order chi connectivity index (χ0) is 19.6. The molecule has 0 aliphatic heterocycles. The van der Waals surface area contributed by atoms with E-state index in [9.17, 15) is 4.79 Å². The van der Waals surface area contributed by atoms with Gasteiger partial charge in [-0.3, -0.25) is 0 Å². The number of benzene rings is 3. The lowest BCUT2D eigenvalue weighted by Crippen LogP contribution is -1.94. The third-order valence-electron chi connectivity index (χ3n) is 4.22. The van der Waals surface area contributed by atoms with E-state index in [1.165, 1.54) is 0 Å². The van der Waals surface area contributed by atoms with Crippen LogP contribution in [0.2, 0.25) is 0 Å². The van der Waals surface area contributed by atoms with Gasteiger partial charge < -0.3 is 9.84 Å². The van der Waals surface area contributed by atoms with Gasteiger partial charge >= 0.3 is 5.97 Å². The molecule has 0 aliphatic carbocycles. The zero-order valence-corrected chi connectivity index (χ0v) is 15.5. The Morgan fingerprint density at radius 3 is 2.50 bits per heavy atom. The first-order valence-corrected chi connectivity index (χ1v) is 9.13. The average Bonchev–Trinajstić information content (AvgIpc) is 2.72. The number of carboxylic acid groups (broad SMARTS) is 1. The van der Waals surface area contributed by atoms with Gasteiger partial charge in [-0.25, -0.2) is 4.79 Å². The van der Waals surface area contributed by atoms with Crippen molar-refractivity contribution in [1.29, 1.82) is 0 Å². The summed E-state index contributed by atoms with van der Waals surface area (Å²) in [5.74, 6) is -0.117. The number of allylic oxidation sites excluding steroid dienone is 1. The third-order valence-corrected chi connectivity index (χ3v) is 4.22. The minimum Gasteiger partial charge on any atom is -0.489 e. The van der Waals surface area contributed by atoms with Crippen molar-refractivity contribution in [2.45, 2.75) is 13.0 Å². The lowest BCUT2D eigenvalue weighted by molar-refractivity contribution is -0.131. The van der Waals surface area contributed by atoms with Gasteiger partial charge in [0.25, 0.3) is 0 Å². The van der Waals surface area contributed by atoms with Gasteiger partial charge in [-0.05, 0) is 46.9 Å². The van der Waals surface area contributed by atoms with Gasteiger partial charge in [-0.1, -0.05) is 78.9 Å². The molecule has 140 valence electrons. The van der Waals surface area contributed by atoms with Crippen LogP contribution >= 0.6 is 0 Å². The van der Waals surface area contributed by atoms with Crippen LogP contribution in [0.15, 0.2) is 91.0 Å². The molecule has 28 heavy (non-hydrogen) atoms. The first-order chi connectivity index (χ1) is 13.7. The van der Waals surface area contributed by atoms with Crippen LogP contribution in [0.3, 0.4) is 0 Å². The number of carboxylic acids is 1. The fourth-order valence-electron chi connectivity index (χ4n) is 2.81. The highest BCUT2D eigenvalue weighted by atomic mass is 16.5. The quantitative estimate of drug-likeness (QED) is 0.524. The highest BCUT2D eigenvalue weighted by molar-refractivity contribution is 5.85. The van der Waals surface area contributed by atoms with Crippen LogP contribution in [0.5, 0.6) is 5.75 Å². The van der Waals surface area contributed by atoms with Crippen LogP contribution in [-0.4, -0.2) is 11.1 Å². The van der Waals surface area contributed by atoms with Crippen molar-refractivity contribution in [3.05, 3.63) is 113 Å². The predicted molar refractivity (Wildman–Crippen MR) is 113 cm³/mol. The monoisotopic (exact) mass is 370 g/mol. The molecule has 0 bridgehead atoms. The maximum atomic E-state index is 10.7. The first-order valence-electron chi connectivity index (χ1n) is 9.13. The average molecular weight is 370 g/mol. The molecule has 0 amide bonds. The Bertz CT molecular complexity index is 972. The Morgan fingerprint density at radius 2 is 1.68 bits per heavy atom. The second kappa shape index (κ2) is 9.93. The molecule has 0 heterocycles. The van der Waals surface area contributed by atoms with Crippen molar-refractivity contribution >= 4 is 18.1 Å². The van der Waals surface area contributed by atoms with Crippen molar-refractivity contribution < 1.29 is 14.6 Å². The topological polar surface area (TPSA) is 46.5 Å². The second-order valence-corrected chi connectivity index (χ2v) is 6.32. The molecule has 3 rings (SSSR count). The summed E-state index contributed by atoms with van der Waals surface area (Å²) in [6.07, 6.45) is 7.63. The van der Waals surface area contributed by atoms with Crippen molar-refractivity contribution in [3.8, 4) is 5.75 Å². The molecule has 0 aromatic heterocycles. The molecule has 3 aromatic carbocycles. The van der Waals surface area contributed by atoms with Gasteiger partial charge in [-0.2, -0.15) is 0 Å². The van der Waals surface area contributed by atoms with Gasteiger partial charge in [0.05, 0.1) is 0 Å². The molecule has 0 spiro atoms. The summed E-state index contributed by atoms with van der Waals surface area (Å²) in [7, 11) is 0. The van der Waals surface area contributed by atoms with E-state index in [-0.39, 0.29) is 0 Å². The molecule has 3 aromatic rings. The molecule has 0 saturated carbocycles. The summed E-state index contributed by atoms with van der Waals surface area (Å²) < 4.78 is 5.87. The largest absolute Gasteiger partial charge is 0.489 e. The molecular formula is C25H22O3. The lowest BCUT2D eigenvalue weighted by atomic mass is 10.0. The molecular weight excluding hydrogens is 348 g/mol. The van der Waals surface area contributed by atoms with Crippen LogP contribution in [0, 0.1) is 0 Å². The van der Waals surface area contributed by atoms with Gasteiger partial charge in [0.1, 0.15) is 12.4 Å². The Hall–Kier alpha value is -3.59. The maximum absolute atomic E-state index is 10.7. The van der Waals surface area contributed by atoms with E-state index in [0.717, 1.165) is 40.5 Å². The summed E-state index contributed by atoms with van der Waals surface area (Å²) in [6.45, 7) is 0.539. The Morgan fingerprint density at radius 1 is 0.893 bits per heavy atom. The van der Waals surface area contributed by atoms with E-state index >= 15 is 0 Å². The summed E-state index contributed by atoms with van der Waals surface area (Å²) >= 11 is 0. The van der Waals surface area contributed by atoms with E-state index in [0.29, 0.717) is 6.61 Å². The first kappa shape index (κ1) is 19.2. The van der Waals surface area contributed by atoms with Crippen LogP contribution in [0.1, 0.15) is 22.3 Å². The summed E-state index contributed by atoms with van der Waals surface area (Å²) in [4.78, 5) is 10.7. The Labute approximate surface area is 165 Å². The van der Waals surface area contributed by atoms with E-state index < -0.39 is 5.97 Å². The fraction of sp³-hybridized carbons (Fsp3) is 0.0800. The number of hydrogen-bond acceptors (Lipinski definition) is 2. The van der Waals surface area contributed by atoms with Gasteiger partial charge in [-0.15, -0.1) is 0 Å². The number of carbonyl (C=O) groups is 1. The molecule has 0 radical (unpaired) electrons. The number of aliphatic carboxylic acids is 1. The molecule has 3 nitrogen and oxygen atoms in total. The zero-order valence-electron chi connectivity index (χ0n) is 15.5. The van der Waals surface area contributed by atoms with Crippen molar-refractivity contribution in [3.63, 3.8) is 0 Å². The summed E-state index contributed by atoms with van der Waals surface area (Å²) in [6, 6.07) is 25.8. The van der Waals surface area contributed by atoms with Crippen molar-refractivity contribution in [1.82, 2.24) is 0 Å². The molecule has 1 N–H and O–H groups in total. The number of ether oxygens (including phenoxy) is 1. The van der Waals surface area contributed by atoms with Crippen LogP contribution in [0.4, 0.5) is 0 Å². The summed E-state index contributed by atoms with van der Waals surface area (Å²) in [5.41, 5.74) is 4.18. The standard InChI is InChI=1S/C25H22O3/c26-25(27)17-16-23-13-5-4-12-22(23)14-6-10-20-11-7-15-24(18-20)28-19-21-8-2-1-3-9-21/h1-13,15-18H,14,19H2,(H,26,27)/b10-6-,17-16+. The Kier molecular flexibility index (Phi) is 6.80. The smallest absolute Gasteiger partial charge is 0.328 e. The second-order valence-electron chi connectivity index (χ2n) is 6.32. The van der Waals surface area contributed by atoms with E-state index in [4.69, 9.17) is 9.84 Å². The normalized spacial score (nSPS) is 11.1. The molecule has 3 heteroatoms. The highest BCUT2D eigenvalue weighted by Gasteiger charge is 1.99. The third kappa shape index (κ3) is 5.99. The molecule has 0 saturated heterocycles. The van der Waals surface area contributed by atoms with E-state index in [1.807, 2.05) is 84.9 Å². The number of rotatable bonds is 8. The van der Waals surface area contributed by atoms with Gasteiger partial charge in [0, 0.05) is 6.08 Å². The molecule has 0 atom stereocenters. The fourth-order valence-corrected chi connectivity index (χ4v) is 2.81. The Balaban J connectivity index is 1.63.